The fraction of sp³-hybridized carbons (Fsp3) is 0.562. The Morgan fingerprint density at radius 1 is 1.23 bits per heavy atom. The summed E-state index contributed by atoms with van der Waals surface area (Å²) in [6, 6.07) is 5.28. The van der Waals surface area contributed by atoms with Gasteiger partial charge in [0.05, 0.1) is 5.69 Å². The van der Waals surface area contributed by atoms with Crippen LogP contribution in [0.4, 0.5) is 10.1 Å². The average Bonchev–Trinajstić information content (AvgIpc) is 2.46. The van der Waals surface area contributed by atoms with E-state index >= 15 is 0 Å². The summed E-state index contributed by atoms with van der Waals surface area (Å²) in [7, 11) is 5.40. The molecule has 0 aliphatic rings. The van der Waals surface area contributed by atoms with Gasteiger partial charge < -0.3 is 15.5 Å². The zero-order chi connectivity index (χ0) is 15.7. The average molecular weight is 422 g/mol. The molecule has 0 aliphatic carbocycles. The number of anilines is 1. The first-order chi connectivity index (χ1) is 10.1. The van der Waals surface area contributed by atoms with E-state index in [2.05, 4.69) is 22.5 Å². The lowest BCUT2D eigenvalue weighted by Gasteiger charge is -2.15. The number of guanidine groups is 1. The van der Waals surface area contributed by atoms with Crippen molar-refractivity contribution in [2.75, 3.05) is 32.6 Å². The molecule has 0 aromatic heterocycles. The standard InChI is InChI=1S/C16H27FN4.HI/c1-5-6-7-10-19-16(18-2)20-12-13-8-9-15(21(3)4)14(17)11-13;/h8-9,11H,5-7,10,12H2,1-4H3,(H2,18,19,20);1H. The number of benzene rings is 1. The van der Waals surface area contributed by atoms with Crippen molar-refractivity contribution in [3.8, 4) is 0 Å². The number of nitrogens with zero attached hydrogens (tertiary/aromatic N) is 2. The molecule has 6 heteroatoms. The van der Waals surface area contributed by atoms with Gasteiger partial charge >= 0.3 is 0 Å². The van der Waals surface area contributed by atoms with E-state index in [-0.39, 0.29) is 29.8 Å². The quantitative estimate of drug-likeness (QED) is 0.307. The number of unbranched alkanes of at least 4 members (excludes halogenated alkanes) is 2. The Balaban J connectivity index is 0.00000441. The summed E-state index contributed by atoms with van der Waals surface area (Å²) in [5.74, 6) is 0.549. The maximum absolute atomic E-state index is 13.9. The third kappa shape index (κ3) is 7.29. The molecule has 0 fully saturated rings. The van der Waals surface area contributed by atoms with Crippen molar-refractivity contribution in [3.05, 3.63) is 29.6 Å². The fourth-order valence-electron chi connectivity index (χ4n) is 2.01. The fourth-order valence-corrected chi connectivity index (χ4v) is 2.01. The largest absolute Gasteiger partial charge is 0.375 e. The Kier molecular flexibility index (Phi) is 11.0. The van der Waals surface area contributed by atoms with Crippen LogP contribution in [0, 0.1) is 5.82 Å². The van der Waals surface area contributed by atoms with Gasteiger partial charge in [0.2, 0.25) is 0 Å². The topological polar surface area (TPSA) is 39.7 Å². The smallest absolute Gasteiger partial charge is 0.191 e. The molecule has 0 radical (unpaired) electrons. The van der Waals surface area contributed by atoms with Gasteiger partial charge in [-0.2, -0.15) is 0 Å². The molecule has 0 amide bonds. The molecule has 0 aliphatic heterocycles. The summed E-state index contributed by atoms with van der Waals surface area (Å²) in [4.78, 5) is 5.93. The maximum atomic E-state index is 13.9. The lowest BCUT2D eigenvalue weighted by atomic mass is 10.2. The molecule has 1 aromatic rings. The van der Waals surface area contributed by atoms with E-state index in [4.69, 9.17) is 0 Å². The first-order valence-electron chi connectivity index (χ1n) is 7.48. The van der Waals surface area contributed by atoms with Crippen LogP contribution in [0.15, 0.2) is 23.2 Å². The highest BCUT2D eigenvalue weighted by Crippen LogP contribution is 2.18. The van der Waals surface area contributed by atoms with Gasteiger partial charge in [0.15, 0.2) is 5.96 Å². The second-order valence-corrected chi connectivity index (χ2v) is 5.24. The maximum Gasteiger partial charge on any atom is 0.191 e. The van der Waals surface area contributed by atoms with E-state index in [1.54, 1.807) is 24.1 Å². The van der Waals surface area contributed by atoms with Crippen LogP contribution in [0.1, 0.15) is 31.7 Å². The lowest BCUT2D eigenvalue weighted by Crippen LogP contribution is -2.37. The van der Waals surface area contributed by atoms with Crippen LogP contribution in [0.25, 0.3) is 0 Å². The molecule has 1 aromatic carbocycles. The van der Waals surface area contributed by atoms with Crippen LogP contribution >= 0.6 is 24.0 Å². The number of rotatable bonds is 7. The molecule has 22 heavy (non-hydrogen) atoms. The minimum absolute atomic E-state index is 0. The van der Waals surface area contributed by atoms with Gasteiger partial charge in [0.25, 0.3) is 0 Å². The summed E-state index contributed by atoms with van der Waals surface area (Å²) in [5, 5.41) is 6.45. The van der Waals surface area contributed by atoms with E-state index in [1.165, 1.54) is 12.8 Å². The van der Waals surface area contributed by atoms with Crippen LogP contribution in [-0.4, -0.2) is 33.6 Å². The Hall–Kier alpha value is -1.05. The molecular weight excluding hydrogens is 394 g/mol. The monoisotopic (exact) mass is 422 g/mol. The SMILES string of the molecule is CCCCCNC(=NC)NCc1ccc(N(C)C)c(F)c1.I. The number of hydrogen-bond donors (Lipinski definition) is 2. The van der Waals surface area contributed by atoms with Gasteiger partial charge in [-0.05, 0) is 24.1 Å². The molecule has 0 saturated heterocycles. The highest BCUT2D eigenvalue weighted by atomic mass is 127. The van der Waals surface area contributed by atoms with Crippen molar-refractivity contribution < 1.29 is 4.39 Å². The normalized spacial score (nSPS) is 10.9. The summed E-state index contributed by atoms with van der Waals surface area (Å²) in [5.41, 5.74) is 1.50. The zero-order valence-corrected chi connectivity index (χ0v) is 16.3. The van der Waals surface area contributed by atoms with Crippen LogP contribution in [0.2, 0.25) is 0 Å². The molecule has 1 rings (SSSR count). The lowest BCUT2D eigenvalue weighted by molar-refractivity contribution is 0.622. The molecule has 0 unspecified atom stereocenters. The van der Waals surface area contributed by atoms with Gasteiger partial charge in [0.1, 0.15) is 5.82 Å². The first-order valence-corrected chi connectivity index (χ1v) is 7.48. The van der Waals surface area contributed by atoms with Gasteiger partial charge in [0, 0.05) is 34.2 Å². The van der Waals surface area contributed by atoms with Crippen molar-refractivity contribution in [1.82, 2.24) is 10.6 Å². The number of hydrogen-bond acceptors (Lipinski definition) is 2. The minimum atomic E-state index is -0.204. The highest BCUT2D eigenvalue weighted by Gasteiger charge is 2.05. The van der Waals surface area contributed by atoms with Crippen molar-refractivity contribution >= 4 is 35.6 Å². The summed E-state index contributed by atoms with van der Waals surface area (Å²) >= 11 is 0. The number of nitrogens with one attached hydrogen (secondary N) is 2. The molecule has 126 valence electrons. The first kappa shape index (κ1) is 20.9. The van der Waals surface area contributed by atoms with Crippen LogP contribution in [0.5, 0.6) is 0 Å². The van der Waals surface area contributed by atoms with Gasteiger partial charge in [-0.3, -0.25) is 4.99 Å². The number of halogens is 2. The Morgan fingerprint density at radius 3 is 2.50 bits per heavy atom. The third-order valence-corrected chi connectivity index (χ3v) is 3.25. The Bertz CT molecular complexity index is 463. The molecule has 0 saturated carbocycles. The van der Waals surface area contributed by atoms with Crippen molar-refractivity contribution in [3.63, 3.8) is 0 Å². The second kappa shape index (κ2) is 11.5. The van der Waals surface area contributed by atoms with Gasteiger partial charge in [-0.1, -0.05) is 25.8 Å². The van der Waals surface area contributed by atoms with Gasteiger partial charge in [-0.15, -0.1) is 24.0 Å². The van der Waals surface area contributed by atoms with Crippen molar-refractivity contribution in [2.24, 2.45) is 4.99 Å². The molecule has 0 atom stereocenters. The Morgan fingerprint density at radius 2 is 1.95 bits per heavy atom. The zero-order valence-electron chi connectivity index (χ0n) is 13.9. The van der Waals surface area contributed by atoms with E-state index < -0.39 is 0 Å². The summed E-state index contributed by atoms with van der Waals surface area (Å²) in [6.45, 7) is 3.64. The van der Waals surface area contributed by atoms with Gasteiger partial charge in [-0.25, -0.2) is 4.39 Å². The van der Waals surface area contributed by atoms with Crippen molar-refractivity contribution in [2.45, 2.75) is 32.7 Å². The molecule has 0 heterocycles. The van der Waals surface area contributed by atoms with E-state index in [1.807, 2.05) is 20.2 Å². The number of aliphatic imine (C=N–C) groups is 1. The minimum Gasteiger partial charge on any atom is -0.375 e. The van der Waals surface area contributed by atoms with Crippen LogP contribution in [-0.2, 0) is 6.54 Å². The molecule has 2 N–H and O–H groups in total. The third-order valence-electron chi connectivity index (χ3n) is 3.25. The van der Waals surface area contributed by atoms with Crippen molar-refractivity contribution in [1.29, 1.82) is 0 Å². The highest BCUT2D eigenvalue weighted by molar-refractivity contribution is 14.0. The Labute approximate surface area is 150 Å². The second-order valence-electron chi connectivity index (χ2n) is 5.24. The van der Waals surface area contributed by atoms with E-state index in [9.17, 15) is 4.39 Å². The summed E-state index contributed by atoms with van der Waals surface area (Å²) < 4.78 is 13.9. The molecule has 0 bridgehead atoms. The predicted octanol–water partition coefficient (Wildman–Crippen LogP) is 3.36. The van der Waals surface area contributed by atoms with Crippen LogP contribution in [0.3, 0.4) is 0 Å². The van der Waals surface area contributed by atoms with E-state index in [0.29, 0.717) is 12.2 Å². The molecular formula is C16H28FIN4. The molecule has 0 spiro atoms. The predicted molar refractivity (Wildman–Crippen MR) is 104 cm³/mol. The molecule has 4 nitrogen and oxygen atoms in total. The summed E-state index contributed by atoms with van der Waals surface area (Å²) in [6.07, 6.45) is 3.54. The van der Waals surface area contributed by atoms with Crippen LogP contribution < -0.4 is 15.5 Å². The van der Waals surface area contributed by atoms with E-state index in [0.717, 1.165) is 24.5 Å².